The summed E-state index contributed by atoms with van der Waals surface area (Å²) in [5.74, 6) is -0.197. The van der Waals surface area contributed by atoms with Crippen LogP contribution in [0.3, 0.4) is 0 Å². The normalized spacial score (nSPS) is 10.4. The fourth-order valence-electron chi connectivity index (χ4n) is 2.17. The summed E-state index contributed by atoms with van der Waals surface area (Å²) in [4.78, 5) is 24.4. The second kappa shape index (κ2) is 6.91. The van der Waals surface area contributed by atoms with Gasteiger partial charge in [0.2, 0.25) is 0 Å². The number of nitro groups is 1. The van der Waals surface area contributed by atoms with Crippen molar-refractivity contribution in [2.24, 2.45) is 0 Å². The number of hydrogen-bond donors (Lipinski definition) is 0. The SMILES string of the molecule is CCn1ccc(CN(C)C(=O)c2ccc(OC)c([N+](=O)[O-])c2)n1. The highest BCUT2D eigenvalue weighted by Gasteiger charge is 2.20. The number of nitro benzene ring substituents is 1. The van der Waals surface area contributed by atoms with E-state index in [9.17, 15) is 14.9 Å². The molecular weight excluding hydrogens is 300 g/mol. The molecule has 8 nitrogen and oxygen atoms in total. The van der Waals surface area contributed by atoms with Crippen LogP contribution in [0.2, 0.25) is 0 Å². The number of rotatable bonds is 6. The molecule has 2 aromatic rings. The van der Waals surface area contributed by atoms with Crippen LogP contribution in [0.1, 0.15) is 23.0 Å². The third kappa shape index (κ3) is 3.65. The fourth-order valence-corrected chi connectivity index (χ4v) is 2.17. The van der Waals surface area contributed by atoms with E-state index in [2.05, 4.69) is 5.10 Å². The van der Waals surface area contributed by atoms with Crippen molar-refractivity contribution < 1.29 is 14.5 Å². The van der Waals surface area contributed by atoms with Gasteiger partial charge in [0, 0.05) is 31.4 Å². The van der Waals surface area contributed by atoms with Crippen LogP contribution in [0, 0.1) is 10.1 Å². The van der Waals surface area contributed by atoms with Gasteiger partial charge in [-0.05, 0) is 25.1 Å². The standard InChI is InChI=1S/C15H18N4O4/c1-4-18-8-7-12(16-18)10-17(2)15(20)11-5-6-14(23-3)13(9-11)19(21)22/h5-9H,4,10H2,1-3H3. The minimum absolute atomic E-state index is 0.121. The molecule has 1 aromatic carbocycles. The van der Waals surface area contributed by atoms with E-state index < -0.39 is 4.92 Å². The molecule has 0 spiro atoms. The van der Waals surface area contributed by atoms with Crippen LogP contribution >= 0.6 is 0 Å². The molecule has 0 atom stereocenters. The molecule has 0 radical (unpaired) electrons. The van der Waals surface area contributed by atoms with Gasteiger partial charge in [-0.25, -0.2) is 0 Å². The van der Waals surface area contributed by atoms with Crippen molar-refractivity contribution in [2.75, 3.05) is 14.2 Å². The Morgan fingerprint density at radius 1 is 1.43 bits per heavy atom. The molecule has 1 amide bonds. The number of nitrogens with zero attached hydrogens (tertiary/aromatic N) is 4. The molecule has 23 heavy (non-hydrogen) atoms. The van der Waals surface area contributed by atoms with Crippen molar-refractivity contribution in [1.29, 1.82) is 0 Å². The van der Waals surface area contributed by atoms with Crippen molar-refractivity contribution in [1.82, 2.24) is 14.7 Å². The highest BCUT2D eigenvalue weighted by Crippen LogP contribution is 2.28. The number of carbonyl (C=O) groups excluding carboxylic acids is 1. The summed E-state index contributed by atoms with van der Waals surface area (Å²) in [7, 11) is 2.98. The molecule has 0 aliphatic carbocycles. The predicted octanol–water partition coefficient (Wildman–Crippen LogP) is 2.09. The lowest BCUT2D eigenvalue weighted by Gasteiger charge is -2.16. The molecule has 0 aliphatic heterocycles. The second-order valence-corrected chi connectivity index (χ2v) is 4.97. The number of benzene rings is 1. The molecular formula is C15H18N4O4. The van der Waals surface area contributed by atoms with Crippen molar-refractivity contribution in [3.8, 4) is 5.75 Å². The molecule has 0 aliphatic rings. The summed E-state index contributed by atoms with van der Waals surface area (Å²) in [5.41, 5.74) is 0.752. The summed E-state index contributed by atoms with van der Waals surface area (Å²) < 4.78 is 6.70. The van der Waals surface area contributed by atoms with E-state index in [1.54, 1.807) is 11.7 Å². The maximum atomic E-state index is 12.4. The lowest BCUT2D eigenvalue weighted by atomic mass is 10.1. The number of methoxy groups -OCH3 is 1. The number of carbonyl (C=O) groups is 1. The highest BCUT2D eigenvalue weighted by molar-refractivity contribution is 5.95. The number of ether oxygens (including phenoxy) is 1. The Labute approximate surface area is 133 Å². The second-order valence-electron chi connectivity index (χ2n) is 4.97. The average Bonchev–Trinajstić information content (AvgIpc) is 3.00. The first kappa shape index (κ1) is 16.5. The number of aryl methyl sites for hydroxylation is 1. The van der Waals surface area contributed by atoms with Crippen molar-refractivity contribution in [2.45, 2.75) is 20.0 Å². The maximum absolute atomic E-state index is 12.4. The van der Waals surface area contributed by atoms with E-state index in [0.29, 0.717) is 6.54 Å². The molecule has 0 bridgehead atoms. The largest absolute Gasteiger partial charge is 0.490 e. The summed E-state index contributed by atoms with van der Waals surface area (Å²) in [6.07, 6.45) is 1.84. The molecule has 0 N–H and O–H groups in total. The van der Waals surface area contributed by atoms with Crippen LogP contribution in [0.5, 0.6) is 5.75 Å². The minimum Gasteiger partial charge on any atom is -0.490 e. The van der Waals surface area contributed by atoms with Gasteiger partial charge in [0.25, 0.3) is 5.91 Å². The van der Waals surface area contributed by atoms with Crippen molar-refractivity contribution in [3.63, 3.8) is 0 Å². The first-order chi connectivity index (χ1) is 11.0. The molecule has 122 valence electrons. The Bertz CT molecular complexity index is 726. The Hall–Kier alpha value is -2.90. The third-order valence-corrected chi connectivity index (χ3v) is 3.39. The van der Waals surface area contributed by atoms with Gasteiger partial charge >= 0.3 is 5.69 Å². The summed E-state index contributed by atoms with van der Waals surface area (Å²) in [6, 6.07) is 5.99. The van der Waals surface area contributed by atoms with E-state index in [-0.39, 0.29) is 22.9 Å². The number of hydrogen-bond acceptors (Lipinski definition) is 5. The molecule has 0 unspecified atom stereocenters. The van der Waals surface area contributed by atoms with Gasteiger partial charge in [-0.15, -0.1) is 0 Å². The summed E-state index contributed by atoms with van der Waals surface area (Å²) >= 11 is 0. The smallest absolute Gasteiger partial charge is 0.311 e. The van der Waals surface area contributed by atoms with E-state index >= 15 is 0 Å². The summed E-state index contributed by atoms with van der Waals surface area (Å²) in [6.45, 7) is 3.05. The van der Waals surface area contributed by atoms with Crippen LogP contribution in [0.25, 0.3) is 0 Å². The van der Waals surface area contributed by atoms with Gasteiger partial charge < -0.3 is 9.64 Å². The van der Waals surface area contributed by atoms with Crippen molar-refractivity contribution in [3.05, 3.63) is 51.8 Å². The van der Waals surface area contributed by atoms with Gasteiger partial charge in [-0.3, -0.25) is 19.6 Å². The molecule has 0 saturated carbocycles. The van der Waals surface area contributed by atoms with Gasteiger partial charge in [0.05, 0.1) is 24.3 Å². The summed E-state index contributed by atoms with van der Waals surface area (Å²) in [5, 5.41) is 15.4. The zero-order valence-electron chi connectivity index (χ0n) is 13.2. The predicted molar refractivity (Wildman–Crippen MR) is 83.3 cm³/mol. The molecule has 1 aromatic heterocycles. The zero-order chi connectivity index (χ0) is 17.0. The fraction of sp³-hybridized carbons (Fsp3) is 0.333. The molecule has 2 rings (SSSR count). The van der Waals surface area contributed by atoms with Gasteiger partial charge in [-0.2, -0.15) is 5.10 Å². The number of amides is 1. The molecule has 8 heteroatoms. The van der Waals surface area contributed by atoms with Crippen LogP contribution in [0.4, 0.5) is 5.69 Å². The Balaban J connectivity index is 2.18. The quantitative estimate of drug-likeness (QED) is 0.601. The van der Waals surface area contributed by atoms with Crippen LogP contribution < -0.4 is 4.74 Å². The Morgan fingerprint density at radius 2 is 2.17 bits per heavy atom. The van der Waals surface area contributed by atoms with Gasteiger partial charge in [0.15, 0.2) is 5.75 Å². The maximum Gasteiger partial charge on any atom is 0.311 e. The van der Waals surface area contributed by atoms with Crippen LogP contribution in [-0.2, 0) is 13.1 Å². The minimum atomic E-state index is -0.571. The van der Waals surface area contributed by atoms with Gasteiger partial charge in [0.1, 0.15) is 0 Å². The van der Waals surface area contributed by atoms with Gasteiger partial charge in [-0.1, -0.05) is 0 Å². The number of aromatic nitrogens is 2. The first-order valence-electron chi connectivity index (χ1n) is 7.06. The van der Waals surface area contributed by atoms with E-state index in [0.717, 1.165) is 12.2 Å². The first-order valence-corrected chi connectivity index (χ1v) is 7.06. The molecule has 1 heterocycles. The average molecular weight is 318 g/mol. The van der Waals surface area contributed by atoms with Crippen LogP contribution in [0.15, 0.2) is 30.5 Å². The topological polar surface area (TPSA) is 90.5 Å². The van der Waals surface area contributed by atoms with Crippen LogP contribution in [-0.4, -0.2) is 39.7 Å². The Kier molecular flexibility index (Phi) is 4.95. The van der Waals surface area contributed by atoms with E-state index in [1.807, 2.05) is 19.2 Å². The van der Waals surface area contributed by atoms with E-state index in [1.165, 1.54) is 30.2 Å². The monoisotopic (exact) mass is 318 g/mol. The highest BCUT2D eigenvalue weighted by atomic mass is 16.6. The molecule has 0 saturated heterocycles. The molecule has 0 fully saturated rings. The lowest BCUT2D eigenvalue weighted by molar-refractivity contribution is -0.385. The third-order valence-electron chi connectivity index (χ3n) is 3.39. The Morgan fingerprint density at radius 3 is 2.74 bits per heavy atom. The lowest BCUT2D eigenvalue weighted by Crippen LogP contribution is -2.26. The zero-order valence-corrected chi connectivity index (χ0v) is 13.2. The van der Waals surface area contributed by atoms with E-state index in [4.69, 9.17) is 4.74 Å². The van der Waals surface area contributed by atoms with Crippen molar-refractivity contribution >= 4 is 11.6 Å².